The summed E-state index contributed by atoms with van der Waals surface area (Å²) in [6.45, 7) is 1.24. The van der Waals surface area contributed by atoms with Crippen LogP contribution >= 0.6 is 0 Å². The van der Waals surface area contributed by atoms with E-state index in [9.17, 15) is 9.18 Å². The summed E-state index contributed by atoms with van der Waals surface area (Å²) in [4.78, 5) is 17.9. The number of hydrogen-bond donors (Lipinski definition) is 0. The minimum atomic E-state index is -0.467. The Kier molecular flexibility index (Phi) is 4.52. The molecule has 0 spiro atoms. The molecule has 0 N–H and O–H groups in total. The number of halogens is 1. The first kappa shape index (κ1) is 16.5. The molecule has 1 amide bonds. The average molecular weight is 350 g/mol. The van der Waals surface area contributed by atoms with Gasteiger partial charge in [0.2, 0.25) is 5.95 Å². The standard InChI is InChI=1S/C21H19FN2O2/c22-20-8-6-18(14-23-20)16-9-11-24(12-10-16)21(25)26-19-7-5-15-3-1-2-4-17(15)13-19/h1-8,13-14,16H,9-12H2. The van der Waals surface area contributed by atoms with Crippen molar-refractivity contribution in [3.05, 3.63) is 72.3 Å². The molecule has 0 saturated carbocycles. The number of nitrogens with zero attached hydrogens (tertiary/aromatic N) is 2. The molecule has 1 aliphatic heterocycles. The van der Waals surface area contributed by atoms with Crippen molar-refractivity contribution >= 4 is 16.9 Å². The average Bonchev–Trinajstić information content (AvgIpc) is 2.68. The number of piperidine rings is 1. The summed E-state index contributed by atoms with van der Waals surface area (Å²) in [5, 5.41) is 2.15. The fraction of sp³-hybridized carbons (Fsp3) is 0.238. The van der Waals surface area contributed by atoms with Gasteiger partial charge in [0, 0.05) is 19.3 Å². The van der Waals surface area contributed by atoms with Crippen molar-refractivity contribution in [1.29, 1.82) is 0 Å². The van der Waals surface area contributed by atoms with Crippen molar-refractivity contribution in [3.63, 3.8) is 0 Å². The molecule has 1 aliphatic rings. The number of pyridine rings is 1. The van der Waals surface area contributed by atoms with E-state index < -0.39 is 5.95 Å². The summed E-state index contributed by atoms with van der Waals surface area (Å²) in [5.74, 6) is 0.386. The first-order valence-electron chi connectivity index (χ1n) is 8.76. The lowest BCUT2D eigenvalue weighted by Gasteiger charge is -2.31. The van der Waals surface area contributed by atoms with Gasteiger partial charge in [0.1, 0.15) is 5.75 Å². The molecule has 2 aromatic carbocycles. The summed E-state index contributed by atoms with van der Waals surface area (Å²) in [7, 11) is 0. The van der Waals surface area contributed by atoms with E-state index >= 15 is 0 Å². The summed E-state index contributed by atoms with van der Waals surface area (Å²) in [5.41, 5.74) is 1.02. The molecular formula is C21H19FN2O2. The minimum Gasteiger partial charge on any atom is -0.410 e. The molecule has 26 heavy (non-hydrogen) atoms. The van der Waals surface area contributed by atoms with Crippen LogP contribution in [0.3, 0.4) is 0 Å². The molecule has 2 heterocycles. The van der Waals surface area contributed by atoms with Gasteiger partial charge in [0.25, 0.3) is 0 Å². The van der Waals surface area contributed by atoms with Crippen LogP contribution < -0.4 is 4.74 Å². The summed E-state index contributed by atoms with van der Waals surface area (Å²) in [6, 6.07) is 16.8. The first-order valence-corrected chi connectivity index (χ1v) is 8.76. The van der Waals surface area contributed by atoms with Crippen LogP contribution in [0.25, 0.3) is 10.8 Å². The van der Waals surface area contributed by atoms with Gasteiger partial charge in [-0.1, -0.05) is 36.4 Å². The largest absolute Gasteiger partial charge is 0.415 e. The van der Waals surface area contributed by atoms with Gasteiger partial charge in [-0.05, 0) is 53.3 Å². The van der Waals surface area contributed by atoms with Gasteiger partial charge in [-0.3, -0.25) is 0 Å². The molecule has 0 aliphatic carbocycles. The third-order valence-electron chi connectivity index (χ3n) is 4.90. The Labute approximate surface area is 151 Å². The van der Waals surface area contributed by atoms with Gasteiger partial charge in [-0.25, -0.2) is 9.78 Å². The van der Waals surface area contributed by atoms with Gasteiger partial charge in [0.05, 0.1) is 0 Å². The van der Waals surface area contributed by atoms with E-state index in [4.69, 9.17) is 4.74 Å². The van der Waals surface area contributed by atoms with Gasteiger partial charge in [-0.2, -0.15) is 4.39 Å². The van der Waals surface area contributed by atoms with E-state index in [2.05, 4.69) is 4.98 Å². The predicted octanol–water partition coefficient (Wildman–Crippen LogP) is 4.75. The Morgan fingerprint density at radius 3 is 2.54 bits per heavy atom. The maximum Gasteiger partial charge on any atom is 0.415 e. The molecule has 0 radical (unpaired) electrons. The molecule has 0 atom stereocenters. The number of carbonyl (C=O) groups excluding carboxylic acids is 1. The maximum atomic E-state index is 12.9. The number of aromatic nitrogens is 1. The Morgan fingerprint density at radius 1 is 1.04 bits per heavy atom. The highest BCUT2D eigenvalue weighted by Crippen LogP contribution is 2.28. The highest BCUT2D eigenvalue weighted by molar-refractivity contribution is 5.84. The first-order chi connectivity index (χ1) is 12.7. The molecule has 1 aromatic heterocycles. The van der Waals surface area contributed by atoms with Crippen LogP contribution in [0.2, 0.25) is 0 Å². The number of fused-ring (bicyclic) bond motifs is 1. The van der Waals surface area contributed by atoms with E-state index in [1.807, 2.05) is 42.5 Å². The van der Waals surface area contributed by atoms with Gasteiger partial charge >= 0.3 is 6.09 Å². The van der Waals surface area contributed by atoms with E-state index in [1.54, 1.807) is 17.2 Å². The zero-order valence-electron chi connectivity index (χ0n) is 14.3. The number of carbonyl (C=O) groups is 1. The van der Waals surface area contributed by atoms with Crippen LogP contribution in [0.15, 0.2) is 60.8 Å². The van der Waals surface area contributed by atoms with Crippen LogP contribution in [-0.4, -0.2) is 29.1 Å². The Hall–Kier alpha value is -2.95. The van der Waals surface area contributed by atoms with Crippen LogP contribution in [0.1, 0.15) is 24.3 Å². The molecular weight excluding hydrogens is 331 g/mol. The van der Waals surface area contributed by atoms with Crippen molar-refractivity contribution in [2.75, 3.05) is 13.1 Å². The van der Waals surface area contributed by atoms with Crippen molar-refractivity contribution < 1.29 is 13.9 Å². The Morgan fingerprint density at radius 2 is 1.81 bits per heavy atom. The Bertz CT molecular complexity index is 919. The van der Waals surface area contributed by atoms with Crippen LogP contribution in [0, 0.1) is 5.95 Å². The number of benzene rings is 2. The molecule has 1 saturated heterocycles. The lowest BCUT2D eigenvalue weighted by Crippen LogP contribution is -2.39. The van der Waals surface area contributed by atoms with Gasteiger partial charge in [0.15, 0.2) is 0 Å². The van der Waals surface area contributed by atoms with E-state index in [0.717, 1.165) is 29.2 Å². The summed E-state index contributed by atoms with van der Waals surface area (Å²) in [6.07, 6.45) is 2.90. The molecule has 1 fully saturated rings. The molecule has 0 unspecified atom stereocenters. The summed E-state index contributed by atoms with van der Waals surface area (Å²) < 4.78 is 18.5. The molecule has 0 bridgehead atoms. The highest BCUT2D eigenvalue weighted by Gasteiger charge is 2.25. The molecule has 132 valence electrons. The van der Waals surface area contributed by atoms with E-state index in [1.165, 1.54) is 6.07 Å². The summed E-state index contributed by atoms with van der Waals surface area (Å²) >= 11 is 0. The number of likely N-dealkylation sites (tertiary alicyclic amines) is 1. The molecule has 4 nitrogen and oxygen atoms in total. The number of amides is 1. The van der Waals surface area contributed by atoms with Crippen LogP contribution in [-0.2, 0) is 0 Å². The van der Waals surface area contributed by atoms with E-state index in [-0.39, 0.29) is 6.09 Å². The zero-order valence-corrected chi connectivity index (χ0v) is 14.3. The van der Waals surface area contributed by atoms with Crippen molar-refractivity contribution in [2.24, 2.45) is 0 Å². The number of ether oxygens (including phenoxy) is 1. The monoisotopic (exact) mass is 350 g/mol. The van der Waals surface area contributed by atoms with E-state index in [0.29, 0.717) is 24.8 Å². The lowest BCUT2D eigenvalue weighted by atomic mass is 9.91. The third-order valence-corrected chi connectivity index (χ3v) is 4.90. The van der Waals surface area contributed by atoms with Crippen molar-refractivity contribution in [2.45, 2.75) is 18.8 Å². The third kappa shape index (κ3) is 3.52. The number of rotatable bonds is 2. The van der Waals surface area contributed by atoms with Crippen LogP contribution in [0.5, 0.6) is 5.75 Å². The van der Waals surface area contributed by atoms with Crippen molar-refractivity contribution in [1.82, 2.24) is 9.88 Å². The zero-order chi connectivity index (χ0) is 17.9. The highest BCUT2D eigenvalue weighted by atomic mass is 19.1. The van der Waals surface area contributed by atoms with Crippen molar-refractivity contribution in [3.8, 4) is 5.75 Å². The minimum absolute atomic E-state index is 0.299. The molecule has 4 rings (SSSR count). The fourth-order valence-corrected chi connectivity index (χ4v) is 3.42. The predicted molar refractivity (Wildman–Crippen MR) is 97.7 cm³/mol. The second-order valence-corrected chi connectivity index (χ2v) is 6.55. The second kappa shape index (κ2) is 7.12. The van der Waals surface area contributed by atoms with Crippen LogP contribution in [0.4, 0.5) is 9.18 Å². The molecule has 3 aromatic rings. The molecule has 5 heteroatoms. The normalized spacial score (nSPS) is 15.2. The maximum absolute atomic E-state index is 12.9. The number of hydrogen-bond acceptors (Lipinski definition) is 3. The fourth-order valence-electron chi connectivity index (χ4n) is 3.42. The van der Waals surface area contributed by atoms with Gasteiger partial charge < -0.3 is 9.64 Å². The quantitative estimate of drug-likeness (QED) is 0.626. The smallest absolute Gasteiger partial charge is 0.410 e. The van der Waals surface area contributed by atoms with Gasteiger partial charge in [-0.15, -0.1) is 0 Å². The Balaban J connectivity index is 1.37. The second-order valence-electron chi connectivity index (χ2n) is 6.55. The SMILES string of the molecule is O=C(Oc1ccc2ccccc2c1)N1CCC(c2ccc(F)nc2)CC1. The topological polar surface area (TPSA) is 42.4 Å². The lowest BCUT2D eigenvalue weighted by molar-refractivity contribution is 0.138.